The Balaban J connectivity index is 2.05. The van der Waals surface area contributed by atoms with Crippen LogP contribution in [0.1, 0.15) is 31.2 Å². The van der Waals surface area contributed by atoms with Gasteiger partial charge in [-0.15, -0.1) is 0 Å². The molecule has 1 aliphatic heterocycles. The number of H-pyrrole nitrogens is 1. The van der Waals surface area contributed by atoms with Crippen molar-refractivity contribution in [1.29, 1.82) is 0 Å². The monoisotopic (exact) mass is 315 g/mol. The summed E-state index contributed by atoms with van der Waals surface area (Å²) in [5.41, 5.74) is 1.96. The zero-order valence-corrected chi connectivity index (χ0v) is 13.8. The van der Waals surface area contributed by atoms with Crippen molar-refractivity contribution >= 4 is 15.9 Å². The van der Waals surface area contributed by atoms with Crippen LogP contribution < -0.4 is 10.0 Å². The van der Waals surface area contributed by atoms with E-state index in [1.165, 1.54) is 0 Å². The van der Waals surface area contributed by atoms with E-state index in [0.29, 0.717) is 30.4 Å². The van der Waals surface area contributed by atoms with Crippen molar-refractivity contribution in [3.05, 3.63) is 11.4 Å². The quantitative estimate of drug-likeness (QED) is 0.730. The first-order valence-corrected chi connectivity index (χ1v) is 8.88. The summed E-state index contributed by atoms with van der Waals surface area (Å²) in [6.07, 6.45) is 1.98. The minimum absolute atomic E-state index is 0.377. The highest BCUT2D eigenvalue weighted by Crippen LogP contribution is 2.23. The van der Waals surface area contributed by atoms with Gasteiger partial charge in [0.05, 0.1) is 17.1 Å². The number of aryl methyl sites for hydroxylation is 2. The summed E-state index contributed by atoms with van der Waals surface area (Å²) in [6.45, 7) is 8.57. The molecular weight excluding hydrogens is 290 g/mol. The lowest BCUT2D eigenvalue weighted by Crippen LogP contribution is -2.45. The van der Waals surface area contributed by atoms with E-state index in [4.69, 9.17) is 0 Å². The van der Waals surface area contributed by atoms with Crippen molar-refractivity contribution < 1.29 is 8.42 Å². The number of rotatable bonds is 6. The molecule has 3 N–H and O–H groups in total. The summed E-state index contributed by atoms with van der Waals surface area (Å²) >= 11 is 0. The molecule has 1 fully saturated rings. The largest absolute Gasteiger partial charge is 0.317 e. The van der Waals surface area contributed by atoms with E-state index in [1.54, 1.807) is 11.2 Å². The first kappa shape index (κ1) is 16.3. The van der Waals surface area contributed by atoms with Crippen LogP contribution in [-0.4, -0.2) is 49.1 Å². The molecule has 7 nitrogen and oxygen atoms in total. The molecule has 1 aromatic rings. The third-order valence-electron chi connectivity index (χ3n) is 3.86. The van der Waals surface area contributed by atoms with Gasteiger partial charge in [-0.2, -0.15) is 17.8 Å². The number of nitrogens with zero attached hydrogens (tertiary/aromatic N) is 2. The van der Waals surface area contributed by atoms with Crippen LogP contribution in [0.5, 0.6) is 0 Å². The van der Waals surface area contributed by atoms with Crippen LogP contribution in [0.2, 0.25) is 0 Å². The number of anilines is 1. The summed E-state index contributed by atoms with van der Waals surface area (Å²) in [5.74, 6) is 0.377. The summed E-state index contributed by atoms with van der Waals surface area (Å²) in [6, 6.07) is 0. The first-order valence-electron chi connectivity index (χ1n) is 7.44. The summed E-state index contributed by atoms with van der Waals surface area (Å²) in [5, 5.41) is 10.1. The highest BCUT2D eigenvalue weighted by atomic mass is 32.2. The molecule has 0 bridgehead atoms. The SMILES string of the molecule is CCNCC1CCCN(S(=O)(=O)Nc2c(C)n[nH]c2C)C1. The molecule has 2 heterocycles. The van der Waals surface area contributed by atoms with Crippen molar-refractivity contribution in [1.82, 2.24) is 19.8 Å². The Kier molecular flexibility index (Phi) is 5.23. The van der Waals surface area contributed by atoms with Gasteiger partial charge in [0.2, 0.25) is 0 Å². The number of aromatic nitrogens is 2. The standard InChI is InChI=1S/C13H25N5O2S/c1-4-14-8-12-6-5-7-18(9-12)21(19,20)17-13-10(2)15-16-11(13)3/h12,14,17H,4-9H2,1-3H3,(H,15,16). The second-order valence-corrected chi connectivity index (χ2v) is 7.26. The number of hydrogen-bond acceptors (Lipinski definition) is 4. The Hall–Kier alpha value is -1.12. The van der Waals surface area contributed by atoms with Gasteiger partial charge in [-0.25, -0.2) is 0 Å². The third kappa shape index (κ3) is 3.96. The van der Waals surface area contributed by atoms with Gasteiger partial charge in [0.25, 0.3) is 0 Å². The molecule has 0 saturated carbocycles. The zero-order chi connectivity index (χ0) is 15.5. The Morgan fingerprint density at radius 2 is 2.19 bits per heavy atom. The predicted octanol–water partition coefficient (Wildman–Crippen LogP) is 1.00. The molecule has 1 atom stereocenters. The van der Waals surface area contributed by atoms with Gasteiger partial charge in [-0.3, -0.25) is 9.82 Å². The minimum atomic E-state index is -3.51. The van der Waals surface area contributed by atoms with Crippen LogP contribution in [0.3, 0.4) is 0 Å². The summed E-state index contributed by atoms with van der Waals surface area (Å²) in [7, 11) is -3.51. The van der Waals surface area contributed by atoms with E-state index in [1.807, 2.05) is 6.92 Å². The molecule has 21 heavy (non-hydrogen) atoms. The van der Waals surface area contributed by atoms with Gasteiger partial charge in [-0.1, -0.05) is 6.92 Å². The van der Waals surface area contributed by atoms with Crippen molar-refractivity contribution in [2.24, 2.45) is 5.92 Å². The van der Waals surface area contributed by atoms with Gasteiger partial charge < -0.3 is 5.32 Å². The number of hydrogen-bond donors (Lipinski definition) is 3. The topological polar surface area (TPSA) is 90.1 Å². The molecule has 1 aliphatic rings. The van der Waals surface area contributed by atoms with Crippen LogP contribution in [0.25, 0.3) is 0 Å². The van der Waals surface area contributed by atoms with Gasteiger partial charge >= 0.3 is 10.2 Å². The lowest BCUT2D eigenvalue weighted by molar-refractivity contribution is 0.262. The average Bonchev–Trinajstić information content (AvgIpc) is 2.77. The fraction of sp³-hybridized carbons (Fsp3) is 0.769. The normalized spacial score (nSPS) is 20.6. The lowest BCUT2D eigenvalue weighted by Gasteiger charge is -2.32. The second-order valence-electron chi connectivity index (χ2n) is 5.59. The third-order valence-corrected chi connectivity index (χ3v) is 5.34. The Bertz CT molecular complexity index is 550. The van der Waals surface area contributed by atoms with Gasteiger partial charge in [0, 0.05) is 13.1 Å². The molecule has 120 valence electrons. The van der Waals surface area contributed by atoms with Crippen LogP contribution in [0.15, 0.2) is 0 Å². The Labute approximate surface area is 126 Å². The van der Waals surface area contributed by atoms with E-state index in [2.05, 4.69) is 27.2 Å². The molecule has 0 amide bonds. The number of nitrogens with one attached hydrogen (secondary N) is 3. The van der Waals surface area contributed by atoms with Crippen LogP contribution in [0, 0.1) is 19.8 Å². The Morgan fingerprint density at radius 1 is 1.43 bits per heavy atom. The molecule has 0 aliphatic carbocycles. The molecule has 1 saturated heterocycles. The van der Waals surface area contributed by atoms with Crippen molar-refractivity contribution in [2.45, 2.75) is 33.6 Å². The zero-order valence-electron chi connectivity index (χ0n) is 12.9. The Morgan fingerprint density at radius 3 is 2.81 bits per heavy atom. The van der Waals surface area contributed by atoms with Crippen LogP contribution in [-0.2, 0) is 10.2 Å². The summed E-state index contributed by atoms with van der Waals surface area (Å²) in [4.78, 5) is 0. The van der Waals surface area contributed by atoms with Crippen molar-refractivity contribution in [3.8, 4) is 0 Å². The lowest BCUT2D eigenvalue weighted by atomic mass is 10.00. The van der Waals surface area contributed by atoms with Gasteiger partial charge in [-0.05, 0) is 45.7 Å². The van der Waals surface area contributed by atoms with E-state index in [0.717, 1.165) is 31.6 Å². The number of aromatic amines is 1. The molecular formula is C13H25N5O2S. The second kappa shape index (κ2) is 6.76. The van der Waals surface area contributed by atoms with Gasteiger partial charge in [0.1, 0.15) is 0 Å². The minimum Gasteiger partial charge on any atom is -0.317 e. The van der Waals surface area contributed by atoms with Gasteiger partial charge in [0.15, 0.2) is 0 Å². The molecule has 8 heteroatoms. The molecule has 0 radical (unpaired) electrons. The first-order chi connectivity index (χ1) is 9.94. The predicted molar refractivity (Wildman–Crippen MR) is 83.4 cm³/mol. The van der Waals surface area contributed by atoms with E-state index >= 15 is 0 Å². The van der Waals surface area contributed by atoms with E-state index in [9.17, 15) is 8.42 Å². The fourth-order valence-electron chi connectivity index (χ4n) is 2.66. The van der Waals surface area contributed by atoms with Crippen LogP contribution >= 0.6 is 0 Å². The molecule has 0 aromatic carbocycles. The molecule has 1 aromatic heterocycles. The highest BCUT2D eigenvalue weighted by molar-refractivity contribution is 7.90. The van der Waals surface area contributed by atoms with E-state index in [-0.39, 0.29) is 0 Å². The number of piperidine rings is 1. The highest BCUT2D eigenvalue weighted by Gasteiger charge is 2.29. The average molecular weight is 315 g/mol. The maximum absolute atomic E-state index is 12.5. The van der Waals surface area contributed by atoms with Crippen molar-refractivity contribution in [3.63, 3.8) is 0 Å². The molecule has 0 spiro atoms. The molecule has 2 rings (SSSR count). The van der Waals surface area contributed by atoms with Crippen molar-refractivity contribution in [2.75, 3.05) is 30.9 Å². The maximum atomic E-state index is 12.5. The summed E-state index contributed by atoms with van der Waals surface area (Å²) < 4.78 is 29.3. The maximum Gasteiger partial charge on any atom is 0.301 e. The molecule has 1 unspecified atom stereocenters. The van der Waals surface area contributed by atoms with Crippen LogP contribution in [0.4, 0.5) is 5.69 Å². The fourth-order valence-corrected chi connectivity index (χ4v) is 4.12. The smallest absolute Gasteiger partial charge is 0.301 e. The van der Waals surface area contributed by atoms with E-state index < -0.39 is 10.2 Å².